The van der Waals surface area contributed by atoms with Crippen LogP contribution in [-0.2, 0) is 16.1 Å². The second-order valence-electron chi connectivity index (χ2n) is 7.75. The number of carbonyl (C=O) groups is 2. The maximum absolute atomic E-state index is 13.0. The maximum Gasteiger partial charge on any atom is 0.321 e. The molecular weight excluding hydrogens is 404 g/mol. The van der Waals surface area contributed by atoms with Gasteiger partial charge in [0.05, 0.1) is 29.3 Å². The van der Waals surface area contributed by atoms with Crippen LogP contribution in [0.5, 0.6) is 0 Å². The van der Waals surface area contributed by atoms with E-state index in [2.05, 4.69) is 15.6 Å². The molecule has 2 aliphatic rings. The minimum absolute atomic E-state index is 0.00556. The number of nitrogens with zero attached hydrogens (tertiary/aromatic N) is 2. The van der Waals surface area contributed by atoms with Crippen LogP contribution < -0.4 is 16.2 Å². The van der Waals surface area contributed by atoms with E-state index in [0.29, 0.717) is 29.2 Å². The summed E-state index contributed by atoms with van der Waals surface area (Å²) in [6, 6.07) is 6.86. The first-order valence-corrected chi connectivity index (χ1v) is 11.4. The Kier molecular flexibility index (Phi) is 6.69. The Bertz CT molecular complexity index is 981. The van der Waals surface area contributed by atoms with Gasteiger partial charge in [-0.2, -0.15) is 0 Å². The van der Waals surface area contributed by atoms with Gasteiger partial charge < -0.3 is 10.1 Å². The highest BCUT2D eigenvalue weighted by Crippen LogP contribution is 2.21. The zero-order chi connectivity index (χ0) is 20.9. The van der Waals surface area contributed by atoms with Crippen molar-refractivity contribution >= 4 is 34.6 Å². The van der Waals surface area contributed by atoms with Crippen molar-refractivity contribution in [1.82, 2.24) is 20.2 Å². The summed E-state index contributed by atoms with van der Waals surface area (Å²) in [6.45, 7) is 1.10. The van der Waals surface area contributed by atoms with Crippen LogP contribution in [0.1, 0.15) is 38.5 Å². The van der Waals surface area contributed by atoms with Crippen LogP contribution in [0.2, 0.25) is 0 Å². The number of nitrogens with one attached hydrogen (secondary N) is 2. The first kappa shape index (κ1) is 20.9. The quantitative estimate of drug-likeness (QED) is 0.539. The number of carbonyl (C=O) groups excluding carboxylic acids is 2. The van der Waals surface area contributed by atoms with E-state index >= 15 is 0 Å². The van der Waals surface area contributed by atoms with Crippen LogP contribution in [0.25, 0.3) is 10.9 Å². The Labute approximate surface area is 178 Å². The van der Waals surface area contributed by atoms with Gasteiger partial charge in [0.2, 0.25) is 5.91 Å². The minimum atomic E-state index is -0.462. The van der Waals surface area contributed by atoms with Crippen molar-refractivity contribution in [1.29, 1.82) is 0 Å². The van der Waals surface area contributed by atoms with E-state index in [1.54, 1.807) is 16.7 Å². The first-order valence-electron chi connectivity index (χ1n) is 10.4. The molecule has 2 N–H and O–H groups in total. The van der Waals surface area contributed by atoms with Gasteiger partial charge >= 0.3 is 6.03 Å². The molecule has 2 fully saturated rings. The number of para-hydroxylation sites is 1. The molecule has 2 aromatic rings. The first-order chi connectivity index (χ1) is 14.6. The van der Waals surface area contributed by atoms with Gasteiger partial charge in [-0.1, -0.05) is 36.7 Å². The van der Waals surface area contributed by atoms with Crippen LogP contribution in [0.3, 0.4) is 0 Å². The Morgan fingerprint density at radius 2 is 1.97 bits per heavy atom. The van der Waals surface area contributed by atoms with Crippen molar-refractivity contribution in [3.05, 3.63) is 34.6 Å². The average molecular weight is 431 g/mol. The SMILES string of the molecule is O=C(CSc1nc2ccccc2c(=O)n1CC1CCCO1)NC(=O)NC1CCCC1. The lowest BCUT2D eigenvalue weighted by molar-refractivity contribution is -0.117. The number of fused-ring (bicyclic) bond motifs is 1. The van der Waals surface area contributed by atoms with Crippen LogP contribution in [0.15, 0.2) is 34.2 Å². The summed E-state index contributed by atoms with van der Waals surface area (Å²) >= 11 is 1.16. The van der Waals surface area contributed by atoms with Gasteiger partial charge in [-0.25, -0.2) is 9.78 Å². The molecule has 2 heterocycles. The topological polar surface area (TPSA) is 102 Å². The molecule has 0 spiro atoms. The molecule has 8 nitrogen and oxygen atoms in total. The number of aromatic nitrogens is 2. The second kappa shape index (κ2) is 9.61. The molecule has 1 aromatic heterocycles. The summed E-state index contributed by atoms with van der Waals surface area (Å²) in [5, 5.41) is 6.21. The molecule has 1 atom stereocenters. The molecule has 1 saturated heterocycles. The molecule has 0 radical (unpaired) electrons. The van der Waals surface area contributed by atoms with E-state index in [-0.39, 0.29) is 23.5 Å². The van der Waals surface area contributed by atoms with Gasteiger partial charge in [-0.3, -0.25) is 19.5 Å². The van der Waals surface area contributed by atoms with E-state index in [1.165, 1.54) is 0 Å². The smallest absolute Gasteiger partial charge is 0.321 e. The summed E-state index contributed by atoms with van der Waals surface area (Å²) in [7, 11) is 0. The number of thioether (sulfide) groups is 1. The predicted octanol–water partition coefficient (Wildman–Crippen LogP) is 2.44. The molecule has 4 rings (SSSR count). The van der Waals surface area contributed by atoms with Crippen LogP contribution >= 0.6 is 11.8 Å². The summed E-state index contributed by atoms with van der Waals surface area (Å²) in [5.74, 6) is -0.421. The summed E-state index contributed by atoms with van der Waals surface area (Å²) in [6.07, 6.45) is 5.94. The maximum atomic E-state index is 13.0. The Hall–Kier alpha value is -2.39. The molecule has 9 heteroatoms. The molecular formula is C21H26N4O4S. The van der Waals surface area contributed by atoms with Gasteiger partial charge in [0.25, 0.3) is 5.56 Å². The van der Waals surface area contributed by atoms with Crippen LogP contribution in [0.4, 0.5) is 4.79 Å². The molecule has 1 saturated carbocycles. The van der Waals surface area contributed by atoms with E-state index < -0.39 is 11.9 Å². The molecule has 160 valence electrons. The number of benzene rings is 1. The number of amides is 3. The van der Waals surface area contributed by atoms with Gasteiger partial charge in [0, 0.05) is 12.6 Å². The fraction of sp³-hybridized carbons (Fsp3) is 0.524. The normalized spacial score (nSPS) is 19.3. The summed E-state index contributed by atoms with van der Waals surface area (Å²) in [5.41, 5.74) is 0.450. The number of hydrogen-bond donors (Lipinski definition) is 2. The standard InChI is InChI=1S/C21H26N4O4S/c26-18(24-20(28)22-14-6-1-2-7-14)13-30-21-23-17-10-4-3-9-16(17)19(27)25(21)12-15-8-5-11-29-15/h3-4,9-10,14-15H,1-2,5-8,11-13H2,(H2,22,24,26,28). The lowest BCUT2D eigenvalue weighted by Crippen LogP contribution is -2.44. The number of rotatable bonds is 6. The third-order valence-corrected chi connectivity index (χ3v) is 6.49. The fourth-order valence-electron chi connectivity index (χ4n) is 4.00. The molecule has 3 amide bonds. The molecule has 1 aromatic carbocycles. The van der Waals surface area contributed by atoms with E-state index in [1.807, 2.05) is 12.1 Å². The largest absolute Gasteiger partial charge is 0.376 e. The number of imide groups is 1. The number of hydrogen-bond acceptors (Lipinski definition) is 6. The highest BCUT2D eigenvalue weighted by molar-refractivity contribution is 7.99. The highest BCUT2D eigenvalue weighted by atomic mass is 32.2. The van der Waals surface area contributed by atoms with E-state index in [0.717, 1.165) is 50.3 Å². The van der Waals surface area contributed by atoms with Crippen molar-refractivity contribution in [2.75, 3.05) is 12.4 Å². The van der Waals surface area contributed by atoms with Crippen molar-refractivity contribution in [2.45, 2.75) is 62.4 Å². The average Bonchev–Trinajstić information content (AvgIpc) is 3.43. The van der Waals surface area contributed by atoms with Gasteiger partial charge in [-0.05, 0) is 37.8 Å². The van der Waals surface area contributed by atoms with E-state index in [4.69, 9.17) is 4.74 Å². The number of ether oxygens (including phenoxy) is 1. The molecule has 1 aliphatic carbocycles. The van der Waals surface area contributed by atoms with E-state index in [9.17, 15) is 14.4 Å². The molecule has 1 unspecified atom stereocenters. The molecule has 30 heavy (non-hydrogen) atoms. The van der Waals surface area contributed by atoms with Gasteiger partial charge in [0.15, 0.2) is 5.16 Å². The van der Waals surface area contributed by atoms with Gasteiger partial charge in [-0.15, -0.1) is 0 Å². The zero-order valence-electron chi connectivity index (χ0n) is 16.8. The predicted molar refractivity (Wildman–Crippen MR) is 115 cm³/mol. The van der Waals surface area contributed by atoms with Crippen LogP contribution in [-0.4, -0.2) is 46.0 Å². The summed E-state index contributed by atoms with van der Waals surface area (Å²) in [4.78, 5) is 41.9. The Morgan fingerprint density at radius 1 is 1.17 bits per heavy atom. The third-order valence-electron chi connectivity index (χ3n) is 5.51. The lowest BCUT2D eigenvalue weighted by Gasteiger charge is -2.16. The van der Waals surface area contributed by atoms with Crippen LogP contribution in [0, 0.1) is 0 Å². The second-order valence-corrected chi connectivity index (χ2v) is 8.70. The monoisotopic (exact) mass is 430 g/mol. The third kappa shape index (κ3) is 5.02. The van der Waals surface area contributed by atoms with Crippen molar-refractivity contribution in [3.8, 4) is 0 Å². The lowest BCUT2D eigenvalue weighted by atomic mass is 10.2. The fourth-order valence-corrected chi connectivity index (χ4v) is 4.80. The van der Waals surface area contributed by atoms with Gasteiger partial charge in [0.1, 0.15) is 0 Å². The molecule has 0 bridgehead atoms. The van der Waals surface area contributed by atoms with Crippen molar-refractivity contribution in [2.24, 2.45) is 0 Å². The number of urea groups is 1. The molecule has 1 aliphatic heterocycles. The zero-order valence-corrected chi connectivity index (χ0v) is 17.6. The Morgan fingerprint density at radius 3 is 2.73 bits per heavy atom. The highest BCUT2D eigenvalue weighted by Gasteiger charge is 2.22. The van der Waals surface area contributed by atoms with Crippen molar-refractivity contribution < 1.29 is 14.3 Å². The Balaban J connectivity index is 1.45. The van der Waals surface area contributed by atoms with Crippen molar-refractivity contribution in [3.63, 3.8) is 0 Å². The summed E-state index contributed by atoms with van der Waals surface area (Å²) < 4.78 is 7.28. The minimum Gasteiger partial charge on any atom is -0.376 e.